The summed E-state index contributed by atoms with van der Waals surface area (Å²) in [6.45, 7) is 3.83. The minimum Gasteiger partial charge on any atom is -0.336 e. The van der Waals surface area contributed by atoms with Gasteiger partial charge in [-0.25, -0.2) is 4.98 Å². The Kier molecular flexibility index (Phi) is 5.14. The number of piperazine rings is 1. The zero-order valence-corrected chi connectivity index (χ0v) is 14.5. The van der Waals surface area contributed by atoms with Gasteiger partial charge in [0.1, 0.15) is 11.9 Å². The molecule has 132 valence electrons. The van der Waals surface area contributed by atoms with Crippen molar-refractivity contribution < 1.29 is 9.59 Å². The number of carbonyl (C=O) groups excluding carboxylic acids is 2. The van der Waals surface area contributed by atoms with Gasteiger partial charge in [-0.15, -0.1) is 0 Å². The van der Waals surface area contributed by atoms with Crippen molar-refractivity contribution in [2.45, 2.75) is 19.4 Å². The average Bonchev–Trinajstić information content (AvgIpc) is 3.07. The van der Waals surface area contributed by atoms with Crippen LogP contribution < -0.4 is 10.6 Å². The molecule has 1 aliphatic heterocycles. The van der Waals surface area contributed by atoms with Crippen molar-refractivity contribution in [2.75, 3.05) is 25.0 Å². The van der Waals surface area contributed by atoms with E-state index in [-0.39, 0.29) is 17.9 Å². The number of imidazole rings is 1. The summed E-state index contributed by atoms with van der Waals surface area (Å²) < 4.78 is 1.94. The Hall–Kier alpha value is -2.67. The van der Waals surface area contributed by atoms with Crippen molar-refractivity contribution >= 4 is 17.5 Å². The molecule has 0 radical (unpaired) electrons. The maximum absolute atomic E-state index is 13.1. The van der Waals surface area contributed by atoms with Crippen LogP contribution in [-0.4, -0.2) is 45.9 Å². The summed E-state index contributed by atoms with van der Waals surface area (Å²) >= 11 is 0. The van der Waals surface area contributed by atoms with E-state index in [2.05, 4.69) is 15.6 Å². The minimum atomic E-state index is -0.116. The number of benzene rings is 1. The molecule has 1 fully saturated rings. The highest BCUT2D eigenvalue weighted by Crippen LogP contribution is 2.23. The molecule has 1 aromatic carbocycles. The van der Waals surface area contributed by atoms with E-state index in [0.29, 0.717) is 30.8 Å². The Bertz CT molecular complexity index is 770. The Labute approximate surface area is 147 Å². The predicted octanol–water partition coefficient (Wildman–Crippen LogP) is 1.56. The van der Waals surface area contributed by atoms with Gasteiger partial charge in [-0.05, 0) is 18.2 Å². The van der Waals surface area contributed by atoms with Gasteiger partial charge in [0.25, 0.3) is 5.91 Å². The molecular formula is C18H23N5O2. The van der Waals surface area contributed by atoms with E-state index in [9.17, 15) is 9.59 Å². The summed E-state index contributed by atoms with van der Waals surface area (Å²) in [5.41, 5.74) is 1.20. The second kappa shape index (κ2) is 7.48. The molecule has 1 saturated heterocycles. The second-order valence-electron chi connectivity index (χ2n) is 6.10. The number of nitrogens with one attached hydrogen (secondary N) is 2. The monoisotopic (exact) mass is 341 g/mol. The van der Waals surface area contributed by atoms with Crippen LogP contribution >= 0.6 is 0 Å². The molecule has 0 aliphatic carbocycles. The molecule has 1 unspecified atom stereocenters. The van der Waals surface area contributed by atoms with Crippen LogP contribution in [0.1, 0.15) is 35.6 Å². The smallest absolute Gasteiger partial charge is 0.254 e. The van der Waals surface area contributed by atoms with Crippen LogP contribution in [0.3, 0.4) is 0 Å². The first-order chi connectivity index (χ1) is 12.1. The van der Waals surface area contributed by atoms with Gasteiger partial charge in [0, 0.05) is 56.7 Å². The fourth-order valence-corrected chi connectivity index (χ4v) is 3.02. The number of aryl methyl sites for hydroxylation is 1. The average molecular weight is 341 g/mol. The number of nitrogens with zero attached hydrogens (tertiary/aromatic N) is 3. The van der Waals surface area contributed by atoms with E-state index in [1.165, 1.54) is 0 Å². The Morgan fingerprint density at radius 2 is 2.24 bits per heavy atom. The summed E-state index contributed by atoms with van der Waals surface area (Å²) in [6, 6.07) is 6.97. The second-order valence-corrected chi connectivity index (χ2v) is 6.10. The molecule has 2 aromatic rings. The predicted molar refractivity (Wildman–Crippen MR) is 95.2 cm³/mol. The van der Waals surface area contributed by atoms with E-state index in [1.54, 1.807) is 37.4 Å². The lowest BCUT2D eigenvalue weighted by atomic mass is 10.1. The van der Waals surface area contributed by atoms with Crippen LogP contribution in [0.4, 0.5) is 5.69 Å². The number of hydrogen-bond donors (Lipinski definition) is 2. The van der Waals surface area contributed by atoms with Crippen molar-refractivity contribution in [3.8, 4) is 0 Å². The summed E-state index contributed by atoms with van der Waals surface area (Å²) in [7, 11) is 1.93. The highest BCUT2D eigenvalue weighted by Gasteiger charge is 2.31. The van der Waals surface area contributed by atoms with Crippen LogP contribution in [0.5, 0.6) is 0 Å². The molecular weight excluding hydrogens is 318 g/mol. The van der Waals surface area contributed by atoms with Gasteiger partial charge in [-0.3, -0.25) is 9.59 Å². The standard InChI is InChI=1S/C18H23N5O2/c1-3-16(24)21-14-6-4-5-13(11-14)18(25)23-10-7-19-12-15(23)17-20-8-9-22(17)2/h4-6,8-9,11,15,19H,3,7,10,12H2,1-2H3,(H,21,24). The SMILES string of the molecule is CCC(=O)Nc1cccc(C(=O)N2CCNCC2c2nccn2C)c1. The number of anilines is 1. The van der Waals surface area contributed by atoms with Crippen LogP contribution in [0.25, 0.3) is 0 Å². The zero-order chi connectivity index (χ0) is 17.8. The number of rotatable bonds is 4. The third-order valence-corrected chi connectivity index (χ3v) is 4.38. The Morgan fingerprint density at radius 3 is 2.96 bits per heavy atom. The molecule has 2 amide bonds. The maximum atomic E-state index is 13.1. The first kappa shape index (κ1) is 17.2. The highest BCUT2D eigenvalue weighted by atomic mass is 16.2. The molecule has 1 atom stereocenters. The lowest BCUT2D eigenvalue weighted by Crippen LogP contribution is -2.49. The fourth-order valence-electron chi connectivity index (χ4n) is 3.02. The highest BCUT2D eigenvalue weighted by molar-refractivity contribution is 5.97. The molecule has 3 rings (SSSR count). The van der Waals surface area contributed by atoms with Crippen molar-refractivity contribution in [1.82, 2.24) is 19.8 Å². The molecule has 0 bridgehead atoms. The number of amides is 2. The van der Waals surface area contributed by atoms with Crippen LogP contribution in [-0.2, 0) is 11.8 Å². The zero-order valence-electron chi connectivity index (χ0n) is 14.5. The van der Waals surface area contributed by atoms with Crippen molar-refractivity contribution in [3.63, 3.8) is 0 Å². The number of aromatic nitrogens is 2. The van der Waals surface area contributed by atoms with Crippen LogP contribution in [0.2, 0.25) is 0 Å². The fraction of sp³-hybridized carbons (Fsp3) is 0.389. The summed E-state index contributed by atoms with van der Waals surface area (Å²) in [5, 5.41) is 6.13. The first-order valence-corrected chi connectivity index (χ1v) is 8.49. The molecule has 2 N–H and O–H groups in total. The largest absolute Gasteiger partial charge is 0.336 e. The van der Waals surface area contributed by atoms with Gasteiger partial charge in [0.05, 0.1) is 0 Å². The molecule has 7 heteroatoms. The molecule has 0 saturated carbocycles. The van der Waals surface area contributed by atoms with E-state index < -0.39 is 0 Å². The first-order valence-electron chi connectivity index (χ1n) is 8.49. The van der Waals surface area contributed by atoms with Gasteiger partial charge in [0.2, 0.25) is 5.91 Å². The summed E-state index contributed by atoms with van der Waals surface area (Å²) in [5.74, 6) is 0.732. The normalized spacial score (nSPS) is 17.4. The van der Waals surface area contributed by atoms with Gasteiger partial charge in [-0.2, -0.15) is 0 Å². The third-order valence-electron chi connectivity index (χ3n) is 4.38. The molecule has 1 aliphatic rings. The van der Waals surface area contributed by atoms with Crippen LogP contribution in [0.15, 0.2) is 36.7 Å². The molecule has 1 aromatic heterocycles. The molecule has 0 spiro atoms. The van der Waals surface area contributed by atoms with Crippen molar-refractivity contribution in [3.05, 3.63) is 48.0 Å². The molecule has 2 heterocycles. The van der Waals surface area contributed by atoms with Crippen molar-refractivity contribution in [1.29, 1.82) is 0 Å². The van der Waals surface area contributed by atoms with Gasteiger partial charge < -0.3 is 20.1 Å². The minimum absolute atomic E-state index is 0.0536. The van der Waals surface area contributed by atoms with E-state index >= 15 is 0 Å². The molecule has 25 heavy (non-hydrogen) atoms. The Balaban J connectivity index is 1.84. The lowest BCUT2D eigenvalue weighted by Gasteiger charge is -2.35. The third kappa shape index (κ3) is 3.71. The topological polar surface area (TPSA) is 79.3 Å². The van der Waals surface area contributed by atoms with E-state index in [4.69, 9.17) is 0 Å². The molecule has 7 nitrogen and oxygen atoms in total. The summed E-state index contributed by atoms with van der Waals surface area (Å²) in [6.07, 6.45) is 4.03. The maximum Gasteiger partial charge on any atom is 0.254 e. The quantitative estimate of drug-likeness (QED) is 0.884. The van der Waals surface area contributed by atoms with Gasteiger partial charge in [-0.1, -0.05) is 13.0 Å². The number of hydrogen-bond acceptors (Lipinski definition) is 4. The summed E-state index contributed by atoms with van der Waals surface area (Å²) in [4.78, 5) is 30.9. The van der Waals surface area contributed by atoms with E-state index in [0.717, 1.165) is 12.4 Å². The lowest BCUT2D eigenvalue weighted by molar-refractivity contribution is -0.115. The Morgan fingerprint density at radius 1 is 1.40 bits per heavy atom. The number of carbonyl (C=O) groups is 2. The van der Waals surface area contributed by atoms with Crippen molar-refractivity contribution in [2.24, 2.45) is 7.05 Å². The van der Waals surface area contributed by atoms with Crippen LogP contribution in [0, 0.1) is 0 Å². The van der Waals surface area contributed by atoms with E-state index in [1.807, 2.05) is 22.7 Å². The van der Waals surface area contributed by atoms with Gasteiger partial charge >= 0.3 is 0 Å². The van der Waals surface area contributed by atoms with Gasteiger partial charge in [0.15, 0.2) is 0 Å².